The molecule has 0 atom stereocenters. The first-order chi connectivity index (χ1) is 8.28. The molecule has 0 aliphatic rings. The standard InChI is InChI=1S/C12H16N4O/c1-3-9-5-11(4-2)16(15-9)12-7-13-6-10(8-17)14-12/h5-7,17H,3-4,8H2,1-2H3. The second-order valence-corrected chi connectivity index (χ2v) is 3.77. The molecule has 0 saturated heterocycles. The molecule has 2 rings (SSSR count). The Balaban J connectivity index is 2.47. The van der Waals surface area contributed by atoms with Gasteiger partial charge in [0.05, 0.1) is 30.4 Å². The van der Waals surface area contributed by atoms with Gasteiger partial charge in [0.1, 0.15) is 0 Å². The third kappa shape index (κ3) is 2.34. The van der Waals surface area contributed by atoms with E-state index in [2.05, 4.69) is 35.0 Å². The Morgan fingerprint density at radius 1 is 1.18 bits per heavy atom. The summed E-state index contributed by atoms with van der Waals surface area (Å²) in [6, 6.07) is 2.08. The molecule has 2 heterocycles. The fourth-order valence-corrected chi connectivity index (χ4v) is 1.67. The quantitative estimate of drug-likeness (QED) is 0.862. The van der Waals surface area contributed by atoms with Crippen molar-refractivity contribution in [3.63, 3.8) is 0 Å². The molecule has 0 bridgehead atoms. The van der Waals surface area contributed by atoms with Crippen molar-refractivity contribution in [2.45, 2.75) is 33.3 Å². The van der Waals surface area contributed by atoms with Crippen molar-refractivity contribution in [2.75, 3.05) is 0 Å². The van der Waals surface area contributed by atoms with E-state index in [4.69, 9.17) is 5.11 Å². The van der Waals surface area contributed by atoms with Gasteiger partial charge in [-0.3, -0.25) is 4.98 Å². The maximum absolute atomic E-state index is 9.05. The molecule has 17 heavy (non-hydrogen) atoms. The van der Waals surface area contributed by atoms with Gasteiger partial charge in [-0.15, -0.1) is 0 Å². The number of hydrogen-bond donors (Lipinski definition) is 1. The first-order valence-corrected chi connectivity index (χ1v) is 5.78. The summed E-state index contributed by atoms with van der Waals surface area (Å²) in [7, 11) is 0. The number of aromatic nitrogens is 4. The highest BCUT2D eigenvalue weighted by molar-refractivity contribution is 5.25. The van der Waals surface area contributed by atoms with Crippen molar-refractivity contribution in [1.29, 1.82) is 0 Å². The van der Waals surface area contributed by atoms with Gasteiger partial charge in [0.25, 0.3) is 0 Å². The van der Waals surface area contributed by atoms with Crippen LogP contribution in [0.15, 0.2) is 18.5 Å². The molecule has 0 amide bonds. The maximum Gasteiger partial charge on any atom is 0.172 e. The largest absolute Gasteiger partial charge is 0.390 e. The molecule has 90 valence electrons. The normalized spacial score (nSPS) is 10.8. The number of nitrogens with zero attached hydrogens (tertiary/aromatic N) is 4. The minimum Gasteiger partial charge on any atom is -0.390 e. The monoisotopic (exact) mass is 232 g/mol. The van der Waals surface area contributed by atoms with Gasteiger partial charge in [-0.05, 0) is 18.9 Å². The van der Waals surface area contributed by atoms with Gasteiger partial charge in [0, 0.05) is 5.69 Å². The summed E-state index contributed by atoms with van der Waals surface area (Å²) in [6.07, 6.45) is 5.00. The van der Waals surface area contributed by atoms with E-state index < -0.39 is 0 Å². The molecular formula is C12H16N4O. The topological polar surface area (TPSA) is 63.8 Å². The van der Waals surface area contributed by atoms with Gasteiger partial charge in [0.2, 0.25) is 0 Å². The summed E-state index contributed by atoms with van der Waals surface area (Å²) in [5.41, 5.74) is 2.70. The highest BCUT2D eigenvalue weighted by Gasteiger charge is 2.09. The summed E-state index contributed by atoms with van der Waals surface area (Å²) in [5, 5.41) is 13.5. The van der Waals surface area contributed by atoms with Crippen LogP contribution in [0.25, 0.3) is 5.82 Å². The van der Waals surface area contributed by atoms with Gasteiger partial charge >= 0.3 is 0 Å². The van der Waals surface area contributed by atoms with Crippen molar-refractivity contribution >= 4 is 0 Å². The van der Waals surface area contributed by atoms with E-state index in [0.717, 1.165) is 24.2 Å². The average molecular weight is 232 g/mol. The molecule has 0 radical (unpaired) electrons. The van der Waals surface area contributed by atoms with Crippen molar-refractivity contribution in [3.05, 3.63) is 35.5 Å². The predicted octanol–water partition coefficient (Wildman–Crippen LogP) is 1.28. The van der Waals surface area contributed by atoms with Gasteiger partial charge in [-0.1, -0.05) is 13.8 Å². The Labute approximate surface area is 100 Å². The number of aliphatic hydroxyl groups is 1. The van der Waals surface area contributed by atoms with Crippen LogP contribution >= 0.6 is 0 Å². The predicted molar refractivity (Wildman–Crippen MR) is 63.8 cm³/mol. The van der Waals surface area contributed by atoms with Crippen LogP contribution in [0.3, 0.4) is 0 Å². The lowest BCUT2D eigenvalue weighted by atomic mass is 10.3. The molecule has 0 spiro atoms. The Morgan fingerprint density at radius 2 is 2.00 bits per heavy atom. The van der Waals surface area contributed by atoms with Crippen LogP contribution in [0.4, 0.5) is 0 Å². The summed E-state index contributed by atoms with van der Waals surface area (Å²) >= 11 is 0. The van der Waals surface area contributed by atoms with E-state index in [9.17, 15) is 0 Å². The summed E-state index contributed by atoms with van der Waals surface area (Å²) in [5.74, 6) is 0.660. The molecule has 0 unspecified atom stereocenters. The Morgan fingerprint density at radius 3 is 2.65 bits per heavy atom. The Bertz CT molecular complexity index is 507. The van der Waals surface area contributed by atoms with Crippen LogP contribution in [0.1, 0.15) is 30.9 Å². The van der Waals surface area contributed by atoms with E-state index in [1.807, 2.05) is 0 Å². The lowest BCUT2D eigenvalue weighted by Gasteiger charge is -2.05. The van der Waals surface area contributed by atoms with Crippen LogP contribution in [-0.4, -0.2) is 24.9 Å². The first-order valence-electron chi connectivity index (χ1n) is 5.78. The van der Waals surface area contributed by atoms with Crippen molar-refractivity contribution < 1.29 is 5.11 Å². The fraction of sp³-hybridized carbons (Fsp3) is 0.417. The Hall–Kier alpha value is -1.75. The van der Waals surface area contributed by atoms with Crippen LogP contribution in [0.5, 0.6) is 0 Å². The van der Waals surface area contributed by atoms with Crippen LogP contribution in [0.2, 0.25) is 0 Å². The van der Waals surface area contributed by atoms with Gasteiger partial charge in [-0.25, -0.2) is 9.67 Å². The van der Waals surface area contributed by atoms with E-state index in [-0.39, 0.29) is 6.61 Å². The highest BCUT2D eigenvalue weighted by Crippen LogP contribution is 2.11. The van der Waals surface area contributed by atoms with Crippen LogP contribution in [-0.2, 0) is 19.4 Å². The molecular weight excluding hydrogens is 216 g/mol. The summed E-state index contributed by atoms with van der Waals surface area (Å²) < 4.78 is 1.80. The molecule has 2 aromatic rings. The van der Waals surface area contributed by atoms with Gasteiger partial charge in [-0.2, -0.15) is 5.10 Å². The number of aliphatic hydroxyl groups excluding tert-OH is 1. The smallest absolute Gasteiger partial charge is 0.172 e. The number of aryl methyl sites for hydroxylation is 2. The van der Waals surface area contributed by atoms with Crippen molar-refractivity contribution in [2.24, 2.45) is 0 Å². The average Bonchev–Trinajstić information content (AvgIpc) is 2.82. The van der Waals surface area contributed by atoms with Crippen LogP contribution in [0, 0.1) is 0 Å². The minimum absolute atomic E-state index is 0.107. The first kappa shape index (κ1) is 11.7. The zero-order chi connectivity index (χ0) is 12.3. The molecule has 5 heteroatoms. The number of rotatable bonds is 4. The zero-order valence-electron chi connectivity index (χ0n) is 10.1. The highest BCUT2D eigenvalue weighted by atomic mass is 16.3. The van der Waals surface area contributed by atoms with E-state index in [0.29, 0.717) is 11.5 Å². The third-order valence-electron chi connectivity index (χ3n) is 2.61. The molecule has 0 saturated carbocycles. The van der Waals surface area contributed by atoms with Crippen molar-refractivity contribution in [1.82, 2.24) is 19.7 Å². The molecule has 0 aliphatic heterocycles. The SMILES string of the molecule is CCc1cc(CC)n(-c2cncc(CO)n2)n1. The third-order valence-corrected chi connectivity index (χ3v) is 2.61. The summed E-state index contributed by atoms with van der Waals surface area (Å²) in [6.45, 7) is 4.04. The minimum atomic E-state index is -0.107. The molecule has 5 nitrogen and oxygen atoms in total. The van der Waals surface area contributed by atoms with E-state index in [1.54, 1.807) is 17.1 Å². The van der Waals surface area contributed by atoms with Gasteiger partial charge < -0.3 is 5.11 Å². The van der Waals surface area contributed by atoms with Crippen molar-refractivity contribution in [3.8, 4) is 5.82 Å². The fourth-order valence-electron chi connectivity index (χ4n) is 1.67. The molecule has 1 N–H and O–H groups in total. The summed E-state index contributed by atoms with van der Waals surface area (Å²) in [4.78, 5) is 8.36. The Kier molecular flexibility index (Phi) is 3.49. The number of hydrogen-bond acceptors (Lipinski definition) is 4. The van der Waals surface area contributed by atoms with Crippen LogP contribution < -0.4 is 0 Å². The maximum atomic E-state index is 9.05. The molecule has 0 aliphatic carbocycles. The van der Waals surface area contributed by atoms with E-state index in [1.165, 1.54) is 0 Å². The molecule has 0 fully saturated rings. The van der Waals surface area contributed by atoms with Gasteiger partial charge in [0.15, 0.2) is 5.82 Å². The second-order valence-electron chi connectivity index (χ2n) is 3.77. The lowest BCUT2D eigenvalue weighted by Crippen LogP contribution is -2.06. The second kappa shape index (κ2) is 5.05. The molecule has 2 aromatic heterocycles. The zero-order valence-corrected chi connectivity index (χ0v) is 10.1. The molecule has 0 aromatic carbocycles. The van der Waals surface area contributed by atoms with E-state index >= 15 is 0 Å². The lowest BCUT2D eigenvalue weighted by molar-refractivity contribution is 0.276.